The minimum atomic E-state index is 0.606. The van der Waals surface area contributed by atoms with Crippen LogP contribution in [-0.4, -0.2) is 12.6 Å². The Bertz CT molecular complexity index is 343. The van der Waals surface area contributed by atoms with Crippen molar-refractivity contribution < 1.29 is 0 Å². The molecule has 0 fully saturated rings. The first-order valence-corrected chi connectivity index (χ1v) is 6.42. The molecule has 2 rings (SSSR count). The molecule has 1 aromatic carbocycles. The average Bonchev–Trinajstić information content (AvgIpc) is 2.35. The molecule has 2 N–H and O–H groups in total. The number of hydrogen-bond acceptors (Lipinski definition) is 2. The molecule has 88 valence electrons. The van der Waals surface area contributed by atoms with Crippen LogP contribution in [0.1, 0.15) is 37.8 Å². The topological polar surface area (TPSA) is 24.1 Å². The van der Waals surface area contributed by atoms with Gasteiger partial charge in [-0.3, -0.25) is 0 Å². The fourth-order valence-electron chi connectivity index (χ4n) is 2.30. The number of fused-ring (bicyclic) bond motifs is 1. The van der Waals surface area contributed by atoms with Gasteiger partial charge in [0.15, 0.2) is 0 Å². The highest BCUT2D eigenvalue weighted by molar-refractivity contribution is 5.50. The number of rotatable bonds is 4. The van der Waals surface area contributed by atoms with E-state index in [-0.39, 0.29) is 0 Å². The maximum atomic E-state index is 3.60. The summed E-state index contributed by atoms with van der Waals surface area (Å²) in [5.74, 6) is 0. The van der Waals surface area contributed by atoms with Gasteiger partial charge in [0.2, 0.25) is 0 Å². The van der Waals surface area contributed by atoms with Crippen LogP contribution in [0.15, 0.2) is 18.2 Å². The van der Waals surface area contributed by atoms with Gasteiger partial charge in [-0.05, 0) is 49.1 Å². The molecular formula is C14H22N2. The van der Waals surface area contributed by atoms with Crippen LogP contribution in [0.25, 0.3) is 0 Å². The lowest BCUT2D eigenvalue weighted by Crippen LogP contribution is -2.24. The average molecular weight is 218 g/mol. The molecule has 0 aromatic heterocycles. The molecular weight excluding hydrogens is 196 g/mol. The minimum Gasteiger partial charge on any atom is -0.382 e. The smallest absolute Gasteiger partial charge is 0.0345 e. The van der Waals surface area contributed by atoms with E-state index in [1.54, 1.807) is 0 Å². The molecule has 0 saturated carbocycles. The van der Waals surface area contributed by atoms with Gasteiger partial charge in [0.05, 0.1) is 0 Å². The Morgan fingerprint density at radius 2 is 2.06 bits per heavy atom. The van der Waals surface area contributed by atoms with Crippen LogP contribution in [0.5, 0.6) is 0 Å². The van der Waals surface area contributed by atoms with Crippen LogP contribution in [0.3, 0.4) is 0 Å². The first-order chi connectivity index (χ1) is 7.83. The predicted octanol–water partition coefficient (Wildman–Crippen LogP) is 2.93. The van der Waals surface area contributed by atoms with E-state index in [0.717, 1.165) is 13.1 Å². The van der Waals surface area contributed by atoms with Crippen LogP contribution in [0, 0.1) is 0 Å². The molecule has 0 unspecified atom stereocenters. The van der Waals surface area contributed by atoms with Crippen molar-refractivity contribution in [1.29, 1.82) is 0 Å². The van der Waals surface area contributed by atoms with Crippen LogP contribution < -0.4 is 10.6 Å². The summed E-state index contributed by atoms with van der Waals surface area (Å²) < 4.78 is 0. The van der Waals surface area contributed by atoms with Gasteiger partial charge in [-0.15, -0.1) is 0 Å². The summed E-state index contributed by atoms with van der Waals surface area (Å²) >= 11 is 0. The van der Waals surface area contributed by atoms with Crippen molar-refractivity contribution in [1.82, 2.24) is 5.32 Å². The summed E-state index contributed by atoms with van der Waals surface area (Å²) in [6, 6.07) is 7.41. The number of nitrogens with one attached hydrogen (secondary N) is 2. The molecule has 0 saturated heterocycles. The highest BCUT2D eigenvalue weighted by Gasteiger charge is 2.10. The van der Waals surface area contributed by atoms with Crippen molar-refractivity contribution in [2.75, 3.05) is 11.9 Å². The predicted molar refractivity (Wildman–Crippen MR) is 69.8 cm³/mol. The fraction of sp³-hybridized carbons (Fsp3) is 0.571. The van der Waals surface area contributed by atoms with E-state index in [1.165, 1.54) is 36.1 Å². The first kappa shape index (κ1) is 11.5. The van der Waals surface area contributed by atoms with Crippen molar-refractivity contribution >= 4 is 5.69 Å². The maximum Gasteiger partial charge on any atom is 0.0345 e. The van der Waals surface area contributed by atoms with E-state index in [9.17, 15) is 0 Å². The van der Waals surface area contributed by atoms with Gasteiger partial charge in [0.25, 0.3) is 0 Å². The molecule has 0 aliphatic carbocycles. The largest absolute Gasteiger partial charge is 0.382 e. The molecule has 0 radical (unpaired) electrons. The Kier molecular flexibility index (Phi) is 3.83. The van der Waals surface area contributed by atoms with Gasteiger partial charge in [-0.2, -0.15) is 0 Å². The lowest BCUT2D eigenvalue weighted by Gasteiger charge is -2.21. The first-order valence-electron chi connectivity index (χ1n) is 6.42. The van der Waals surface area contributed by atoms with Gasteiger partial charge < -0.3 is 10.6 Å². The molecule has 1 aromatic rings. The molecule has 16 heavy (non-hydrogen) atoms. The van der Waals surface area contributed by atoms with E-state index in [0.29, 0.717) is 6.04 Å². The highest BCUT2D eigenvalue weighted by atomic mass is 14.9. The summed E-state index contributed by atoms with van der Waals surface area (Å²) in [4.78, 5) is 0. The van der Waals surface area contributed by atoms with E-state index in [4.69, 9.17) is 0 Å². The second-order valence-corrected chi connectivity index (χ2v) is 4.57. The van der Waals surface area contributed by atoms with Gasteiger partial charge in [0.1, 0.15) is 0 Å². The zero-order valence-corrected chi connectivity index (χ0v) is 10.3. The third-order valence-corrected chi connectivity index (χ3v) is 3.45. The molecule has 0 amide bonds. The Balaban J connectivity index is 2.10. The molecule has 1 heterocycles. The Labute approximate surface area is 98.4 Å². The van der Waals surface area contributed by atoms with E-state index < -0.39 is 0 Å². The zero-order chi connectivity index (χ0) is 11.4. The summed E-state index contributed by atoms with van der Waals surface area (Å²) in [5.41, 5.74) is 4.24. The third-order valence-electron chi connectivity index (χ3n) is 3.45. The van der Waals surface area contributed by atoms with Crippen LogP contribution in [0.2, 0.25) is 0 Å². The molecule has 0 bridgehead atoms. The Hall–Kier alpha value is -1.02. The van der Waals surface area contributed by atoms with Gasteiger partial charge >= 0.3 is 0 Å². The maximum absolute atomic E-state index is 3.60. The summed E-state index contributed by atoms with van der Waals surface area (Å²) in [5, 5.41) is 7.02. The fourth-order valence-corrected chi connectivity index (χ4v) is 2.30. The Morgan fingerprint density at radius 3 is 2.81 bits per heavy atom. The van der Waals surface area contributed by atoms with E-state index in [2.05, 4.69) is 42.7 Å². The molecule has 2 nitrogen and oxygen atoms in total. The normalized spacial score (nSPS) is 14.9. The van der Waals surface area contributed by atoms with Gasteiger partial charge in [0, 0.05) is 18.3 Å². The quantitative estimate of drug-likeness (QED) is 0.812. The monoisotopic (exact) mass is 218 g/mol. The SMILES string of the molecule is CCC(CC)Nc1ccc2c(c1)CNCC2. The summed E-state index contributed by atoms with van der Waals surface area (Å²) in [7, 11) is 0. The second-order valence-electron chi connectivity index (χ2n) is 4.57. The van der Waals surface area contributed by atoms with Crippen molar-refractivity contribution in [3.05, 3.63) is 29.3 Å². The van der Waals surface area contributed by atoms with Gasteiger partial charge in [-0.25, -0.2) is 0 Å². The summed E-state index contributed by atoms with van der Waals surface area (Å²) in [6.07, 6.45) is 3.54. The van der Waals surface area contributed by atoms with Crippen LogP contribution >= 0.6 is 0 Å². The Morgan fingerprint density at radius 1 is 1.25 bits per heavy atom. The minimum absolute atomic E-state index is 0.606. The zero-order valence-electron chi connectivity index (χ0n) is 10.3. The summed E-state index contributed by atoms with van der Waals surface area (Å²) in [6.45, 7) is 6.61. The second kappa shape index (κ2) is 5.35. The van der Waals surface area contributed by atoms with Crippen molar-refractivity contribution in [3.63, 3.8) is 0 Å². The van der Waals surface area contributed by atoms with Crippen LogP contribution in [0.4, 0.5) is 5.69 Å². The van der Waals surface area contributed by atoms with Crippen LogP contribution in [-0.2, 0) is 13.0 Å². The number of anilines is 1. The van der Waals surface area contributed by atoms with E-state index >= 15 is 0 Å². The standard InChI is InChI=1S/C14H22N2/c1-3-13(4-2)16-14-6-5-11-7-8-15-10-12(11)9-14/h5-6,9,13,15-16H,3-4,7-8,10H2,1-2H3. The van der Waals surface area contributed by atoms with Crippen molar-refractivity contribution in [3.8, 4) is 0 Å². The van der Waals surface area contributed by atoms with E-state index in [1.807, 2.05) is 0 Å². The lowest BCUT2D eigenvalue weighted by molar-refractivity contribution is 0.642. The number of hydrogen-bond donors (Lipinski definition) is 2. The lowest BCUT2D eigenvalue weighted by atomic mass is 10.00. The molecule has 2 heteroatoms. The molecule has 0 spiro atoms. The van der Waals surface area contributed by atoms with Crippen molar-refractivity contribution in [2.45, 2.75) is 45.7 Å². The highest BCUT2D eigenvalue weighted by Crippen LogP contribution is 2.20. The molecule has 0 atom stereocenters. The third kappa shape index (κ3) is 2.56. The van der Waals surface area contributed by atoms with Gasteiger partial charge in [-0.1, -0.05) is 19.9 Å². The van der Waals surface area contributed by atoms with Crippen molar-refractivity contribution in [2.24, 2.45) is 0 Å². The number of benzene rings is 1. The molecule has 1 aliphatic rings. The molecule has 1 aliphatic heterocycles.